The van der Waals surface area contributed by atoms with E-state index in [1.54, 1.807) is 39.8 Å². The highest BCUT2D eigenvalue weighted by Gasteiger charge is 2.57. The van der Waals surface area contributed by atoms with Crippen molar-refractivity contribution in [1.29, 1.82) is 0 Å². The molecule has 4 fully saturated rings. The van der Waals surface area contributed by atoms with Crippen molar-refractivity contribution < 1.29 is 37.9 Å². The Hall–Kier alpha value is -3.48. The van der Waals surface area contributed by atoms with Crippen LogP contribution in [0.3, 0.4) is 0 Å². The lowest BCUT2D eigenvalue weighted by molar-refractivity contribution is -0.202. The van der Waals surface area contributed by atoms with E-state index in [4.69, 9.17) is 37.9 Å². The first-order valence-electron chi connectivity index (χ1n) is 16.0. The fourth-order valence-corrected chi connectivity index (χ4v) is 6.82. The molecule has 0 amide bonds. The molecule has 0 saturated carbocycles. The molecule has 0 aliphatic carbocycles. The van der Waals surface area contributed by atoms with E-state index in [2.05, 4.69) is 0 Å². The van der Waals surface area contributed by atoms with Crippen LogP contribution in [0, 0.1) is 0 Å². The lowest BCUT2D eigenvalue weighted by Gasteiger charge is -2.25. The Kier molecular flexibility index (Phi) is 8.78. The van der Waals surface area contributed by atoms with Gasteiger partial charge in [-0.2, -0.15) is 0 Å². The fourth-order valence-electron chi connectivity index (χ4n) is 6.82. The monoisotopic (exact) mass is 672 g/mol. The average molecular weight is 673 g/mol. The predicted molar refractivity (Wildman–Crippen MR) is 165 cm³/mol. The molecule has 8 atom stereocenters. The van der Waals surface area contributed by atoms with Gasteiger partial charge >= 0.3 is 11.4 Å². The van der Waals surface area contributed by atoms with Gasteiger partial charge in [0.15, 0.2) is 24.0 Å². The fraction of sp³-hybridized carbons (Fsp3) is 0.625. The Balaban J connectivity index is 1.20. The second kappa shape index (κ2) is 12.8. The summed E-state index contributed by atoms with van der Waals surface area (Å²) in [5.74, 6) is -1.84. The molecular weight excluding hydrogens is 632 g/mol. The topological polar surface area (TPSA) is 162 Å². The molecule has 0 unspecified atom stereocenters. The van der Waals surface area contributed by atoms with E-state index in [0.717, 1.165) is 9.13 Å². The first kappa shape index (κ1) is 33.0. The summed E-state index contributed by atoms with van der Waals surface area (Å²) >= 11 is 0. The quantitative estimate of drug-likeness (QED) is 0.346. The van der Waals surface area contributed by atoms with Crippen molar-refractivity contribution in [2.45, 2.75) is 101 Å². The van der Waals surface area contributed by atoms with Gasteiger partial charge in [0, 0.05) is 37.6 Å². The van der Waals surface area contributed by atoms with Gasteiger partial charge in [0.2, 0.25) is 0 Å². The van der Waals surface area contributed by atoms with Crippen molar-refractivity contribution in [2.24, 2.45) is 0 Å². The number of hydrogen-bond acceptors (Lipinski definition) is 12. The number of fused-ring (bicyclic) bond motifs is 16. The SMILES string of the molecule is CC1(C)O[C@@H]2[C@H](O1)[C@H]1COC/C=C\COC[C@H]3O[C@H]([C@@H]4OC(C)(C)O[C@@H]43)n3ccc(=O)n(c3=O)C/C=C\Cn3c(=O)ccn(c3=O)[C@@H]2O1. The zero-order chi connectivity index (χ0) is 33.8. The lowest BCUT2D eigenvalue weighted by Crippen LogP contribution is -2.43. The average Bonchev–Trinajstić information content (AvgIpc) is 3.72. The number of nitrogens with zero attached hydrogens (tertiary/aromatic N) is 4. The second-order valence-electron chi connectivity index (χ2n) is 13.2. The van der Waals surface area contributed by atoms with E-state index in [-0.39, 0.29) is 39.5 Å². The minimum Gasteiger partial charge on any atom is -0.375 e. The van der Waals surface area contributed by atoms with E-state index in [1.165, 1.54) is 33.7 Å². The van der Waals surface area contributed by atoms with Gasteiger partial charge in [-0.15, -0.1) is 0 Å². The molecule has 0 radical (unpaired) electrons. The summed E-state index contributed by atoms with van der Waals surface area (Å²) in [6, 6.07) is 2.54. The van der Waals surface area contributed by atoms with Crippen LogP contribution < -0.4 is 22.5 Å². The first-order chi connectivity index (χ1) is 22.9. The number of ether oxygens (including phenoxy) is 8. The number of aromatic nitrogens is 4. The first-order valence-corrected chi connectivity index (χ1v) is 16.0. The summed E-state index contributed by atoms with van der Waals surface area (Å²) in [6.45, 7) is 7.78. The van der Waals surface area contributed by atoms with Crippen molar-refractivity contribution in [3.8, 4) is 0 Å². The molecule has 0 N–H and O–H groups in total. The summed E-state index contributed by atoms with van der Waals surface area (Å²) in [5.41, 5.74) is -2.29. The molecular formula is C32H40N4O12. The number of allylic oxidation sites excluding steroid dienone is 2. The van der Waals surface area contributed by atoms with Gasteiger partial charge in [-0.3, -0.25) is 27.9 Å². The van der Waals surface area contributed by atoms with Crippen LogP contribution in [0.4, 0.5) is 0 Å². The molecule has 5 aliphatic heterocycles. The largest absolute Gasteiger partial charge is 0.375 e. The van der Waals surface area contributed by atoms with Gasteiger partial charge in [-0.1, -0.05) is 24.3 Å². The summed E-state index contributed by atoms with van der Waals surface area (Å²) in [4.78, 5) is 52.8. The highest BCUT2D eigenvalue weighted by Crippen LogP contribution is 2.43. The highest BCUT2D eigenvalue weighted by molar-refractivity contribution is 5.02. The Morgan fingerprint density at radius 3 is 1.40 bits per heavy atom. The summed E-state index contributed by atoms with van der Waals surface area (Å²) in [5, 5.41) is 0. The zero-order valence-electron chi connectivity index (χ0n) is 27.2. The number of hydrogen-bond donors (Lipinski definition) is 0. The molecule has 7 rings (SSSR count). The van der Waals surface area contributed by atoms with Gasteiger partial charge in [0.25, 0.3) is 11.1 Å². The Morgan fingerprint density at radius 2 is 0.979 bits per heavy atom. The summed E-state index contributed by atoms with van der Waals surface area (Å²) in [7, 11) is 0. The molecule has 48 heavy (non-hydrogen) atoms. The van der Waals surface area contributed by atoms with Crippen molar-refractivity contribution in [2.75, 3.05) is 26.4 Å². The van der Waals surface area contributed by atoms with E-state index in [1.807, 2.05) is 12.2 Å². The third-order valence-corrected chi connectivity index (χ3v) is 8.89. The molecule has 4 saturated heterocycles. The normalized spacial score (nSPS) is 35.8. The van der Waals surface area contributed by atoms with Crippen molar-refractivity contribution in [3.05, 3.63) is 90.5 Å². The van der Waals surface area contributed by atoms with E-state index in [9.17, 15) is 19.2 Å². The van der Waals surface area contributed by atoms with Crippen LogP contribution in [-0.4, -0.2) is 92.9 Å². The van der Waals surface area contributed by atoms with Crippen molar-refractivity contribution in [1.82, 2.24) is 18.3 Å². The van der Waals surface area contributed by atoms with E-state index >= 15 is 0 Å². The predicted octanol–water partition coefficient (Wildman–Crippen LogP) is 0.0278. The molecule has 0 aromatic carbocycles. The van der Waals surface area contributed by atoms with Crippen LogP contribution in [-0.2, 0) is 51.0 Å². The maximum absolute atomic E-state index is 13.6. The van der Waals surface area contributed by atoms with Crippen LogP contribution in [0.1, 0.15) is 40.2 Å². The molecule has 2 aromatic rings. The third kappa shape index (κ3) is 6.22. The van der Waals surface area contributed by atoms with Crippen LogP contribution in [0.5, 0.6) is 0 Å². The molecule has 7 heterocycles. The second-order valence-corrected chi connectivity index (χ2v) is 13.2. The van der Waals surface area contributed by atoms with Crippen molar-refractivity contribution >= 4 is 0 Å². The standard InChI is InChI=1S/C32H40N4O12/c1-31(2)45-23-19-17-41-15-7-8-16-42-18-20-24-26(48-32(3,4)46-24)28(44-20)36-14-10-22(38)34(30(36)40)12-6-5-11-33-21(37)9-13-35(29(33)39)27(43-19)25(23)47-31/h5-10,13-14,19-20,23-28H,11-12,15-18H2,1-4H3/b6-5-,8-7-/t19-,20-,23-,24-,25-,26-,27-,28-/m1/s1. The van der Waals surface area contributed by atoms with Gasteiger partial charge in [0.1, 0.15) is 36.6 Å². The smallest absolute Gasteiger partial charge is 0.333 e. The zero-order valence-corrected chi connectivity index (χ0v) is 27.2. The van der Waals surface area contributed by atoms with Gasteiger partial charge < -0.3 is 37.9 Å². The maximum atomic E-state index is 13.6. The molecule has 5 aliphatic rings. The summed E-state index contributed by atoms with van der Waals surface area (Å²) < 4.78 is 53.5. The molecule has 2 aromatic heterocycles. The van der Waals surface area contributed by atoms with Crippen molar-refractivity contribution in [3.63, 3.8) is 0 Å². The third-order valence-electron chi connectivity index (χ3n) is 8.89. The Bertz CT molecular complexity index is 1690. The molecule has 16 heteroatoms. The van der Waals surface area contributed by atoms with Crippen LogP contribution in [0.15, 0.2) is 68.0 Å². The molecule has 0 spiro atoms. The molecule has 16 nitrogen and oxygen atoms in total. The van der Waals surface area contributed by atoms with Gasteiger partial charge in [-0.05, 0) is 27.7 Å². The minimum absolute atomic E-state index is 0.117. The van der Waals surface area contributed by atoms with E-state index < -0.39 is 83.2 Å². The lowest BCUT2D eigenvalue weighted by atomic mass is 10.1. The minimum atomic E-state index is -0.918. The van der Waals surface area contributed by atoms with Gasteiger partial charge in [0.05, 0.1) is 26.4 Å². The maximum Gasteiger partial charge on any atom is 0.333 e. The molecule has 8 bridgehead atoms. The molecule has 260 valence electrons. The Labute approximate surface area is 274 Å². The van der Waals surface area contributed by atoms with Crippen LogP contribution in [0.2, 0.25) is 0 Å². The van der Waals surface area contributed by atoms with E-state index in [0.29, 0.717) is 0 Å². The van der Waals surface area contributed by atoms with Gasteiger partial charge in [-0.25, -0.2) is 9.59 Å². The summed E-state index contributed by atoms with van der Waals surface area (Å²) in [6.07, 6.45) is 4.34. The van der Waals surface area contributed by atoms with Crippen LogP contribution in [0.25, 0.3) is 0 Å². The number of rotatable bonds is 0. The Morgan fingerprint density at radius 1 is 0.583 bits per heavy atom. The van der Waals surface area contributed by atoms with Crippen LogP contribution >= 0.6 is 0 Å². The highest BCUT2D eigenvalue weighted by atomic mass is 16.8.